The number of hydrogen-bond donors (Lipinski definition) is 3. The van der Waals surface area contributed by atoms with Gasteiger partial charge in [0, 0.05) is 18.7 Å². The number of benzene rings is 4. The Morgan fingerprint density at radius 1 is 0.952 bits per heavy atom. The van der Waals surface area contributed by atoms with Crippen molar-refractivity contribution in [2.75, 3.05) is 7.11 Å². The molecule has 4 rings (SSSR count). The van der Waals surface area contributed by atoms with Crippen molar-refractivity contribution >= 4 is 5.97 Å². The Bertz CT molecular complexity index is 1560. The summed E-state index contributed by atoms with van der Waals surface area (Å²) < 4.78 is 18.1. The van der Waals surface area contributed by atoms with Crippen LogP contribution < -0.4 is 19.5 Å². The van der Waals surface area contributed by atoms with E-state index >= 15 is 0 Å². The molecule has 2 unspecified atom stereocenters. The Balaban J connectivity index is 1.62. The highest BCUT2D eigenvalue weighted by molar-refractivity contribution is 5.74. The van der Waals surface area contributed by atoms with Crippen LogP contribution in [0, 0.1) is 18.3 Å². The van der Waals surface area contributed by atoms with E-state index in [0.717, 1.165) is 27.8 Å². The summed E-state index contributed by atoms with van der Waals surface area (Å²) in [6.07, 6.45) is -1.12. The van der Waals surface area contributed by atoms with Crippen LogP contribution in [0.15, 0.2) is 84.9 Å². The second-order valence-electron chi connectivity index (χ2n) is 9.88. The van der Waals surface area contributed by atoms with Crippen LogP contribution in [0.1, 0.15) is 34.7 Å². The number of aliphatic carboxylic acids is 1. The first-order chi connectivity index (χ1) is 20.3. The predicted octanol–water partition coefficient (Wildman–Crippen LogP) is 5.62. The van der Waals surface area contributed by atoms with Crippen molar-refractivity contribution in [1.29, 1.82) is 5.26 Å². The number of carbonyl (C=O) groups is 1. The van der Waals surface area contributed by atoms with Gasteiger partial charge < -0.3 is 24.4 Å². The topological polar surface area (TPSA) is 121 Å². The van der Waals surface area contributed by atoms with E-state index in [1.54, 1.807) is 30.3 Å². The fraction of sp³-hybridized carbons (Fsp3) is 0.235. The van der Waals surface area contributed by atoms with E-state index in [2.05, 4.69) is 36.5 Å². The molecule has 0 aromatic heterocycles. The summed E-state index contributed by atoms with van der Waals surface area (Å²) in [6, 6.07) is 27.8. The van der Waals surface area contributed by atoms with Gasteiger partial charge in [-0.15, -0.1) is 0 Å². The van der Waals surface area contributed by atoms with Gasteiger partial charge in [-0.25, -0.2) is 0 Å². The van der Waals surface area contributed by atoms with Crippen LogP contribution in [0.4, 0.5) is 0 Å². The smallest absolute Gasteiger partial charge is 0.323 e. The monoisotopic (exact) mass is 566 g/mol. The van der Waals surface area contributed by atoms with Crippen LogP contribution in [0.25, 0.3) is 11.1 Å². The third-order valence-electron chi connectivity index (χ3n) is 6.98. The molecule has 0 radical (unpaired) electrons. The summed E-state index contributed by atoms with van der Waals surface area (Å²) in [6.45, 7) is 4.00. The van der Waals surface area contributed by atoms with E-state index in [9.17, 15) is 20.3 Å². The van der Waals surface area contributed by atoms with Crippen LogP contribution in [-0.4, -0.2) is 35.4 Å². The van der Waals surface area contributed by atoms with Crippen molar-refractivity contribution in [1.82, 2.24) is 5.32 Å². The molecule has 0 spiro atoms. The normalized spacial score (nSPS) is 12.2. The molecule has 8 heteroatoms. The van der Waals surface area contributed by atoms with Gasteiger partial charge in [-0.3, -0.25) is 10.1 Å². The molecule has 0 aliphatic rings. The Kier molecular flexibility index (Phi) is 10.2. The summed E-state index contributed by atoms with van der Waals surface area (Å²) >= 11 is 0. The molecular weight excluding hydrogens is 532 g/mol. The highest BCUT2D eigenvalue weighted by Crippen LogP contribution is 2.36. The molecule has 8 nitrogen and oxygen atoms in total. The van der Waals surface area contributed by atoms with Crippen molar-refractivity contribution in [3.8, 4) is 34.4 Å². The molecule has 42 heavy (non-hydrogen) atoms. The minimum Gasteiger partial charge on any atom is -0.496 e. The van der Waals surface area contributed by atoms with Crippen LogP contribution in [-0.2, 0) is 24.6 Å². The largest absolute Gasteiger partial charge is 0.496 e. The molecular formula is C34H34N2O6. The molecule has 0 bridgehead atoms. The molecule has 0 aliphatic heterocycles. The zero-order valence-electron chi connectivity index (χ0n) is 23.8. The number of carboxylic acid groups (broad SMARTS) is 1. The maximum atomic E-state index is 11.7. The lowest BCUT2D eigenvalue weighted by atomic mass is 9.97. The lowest BCUT2D eigenvalue weighted by Crippen LogP contribution is -2.44. The van der Waals surface area contributed by atoms with Crippen molar-refractivity contribution in [3.63, 3.8) is 0 Å². The number of aliphatic hydroxyl groups excluding tert-OH is 1. The van der Waals surface area contributed by atoms with E-state index in [1.807, 2.05) is 36.4 Å². The molecule has 216 valence electrons. The number of nitriles is 1. The number of methoxy groups -OCH3 is 1. The first-order valence-electron chi connectivity index (χ1n) is 13.5. The zero-order valence-corrected chi connectivity index (χ0v) is 23.8. The fourth-order valence-corrected chi connectivity index (χ4v) is 4.66. The summed E-state index contributed by atoms with van der Waals surface area (Å²) in [5, 5.41) is 31.6. The Hall–Kier alpha value is -4.84. The molecule has 3 N–H and O–H groups in total. The second-order valence-corrected chi connectivity index (χ2v) is 9.88. The molecule has 0 saturated heterocycles. The van der Waals surface area contributed by atoms with Gasteiger partial charge in [0.15, 0.2) is 0 Å². The van der Waals surface area contributed by atoms with Crippen molar-refractivity contribution in [2.45, 2.75) is 45.8 Å². The predicted molar refractivity (Wildman–Crippen MR) is 159 cm³/mol. The number of nitrogens with one attached hydrogen (secondary N) is 1. The lowest BCUT2D eigenvalue weighted by molar-refractivity contribution is -0.142. The number of nitrogens with zero attached hydrogens (tertiary/aromatic N) is 1. The first kappa shape index (κ1) is 30.1. The maximum absolute atomic E-state index is 11.7. The molecule has 4 aromatic carbocycles. The molecule has 4 aromatic rings. The maximum Gasteiger partial charge on any atom is 0.323 e. The van der Waals surface area contributed by atoms with Crippen LogP contribution >= 0.6 is 0 Å². The Labute approximate surface area is 245 Å². The summed E-state index contributed by atoms with van der Waals surface area (Å²) in [7, 11) is 1.51. The van der Waals surface area contributed by atoms with Crippen molar-refractivity contribution < 1.29 is 29.2 Å². The van der Waals surface area contributed by atoms with Gasteiger partial charge in [0.1, 0.15) is 36.5 Å². The van der Waals surface area contributed by atoms with Gasteiger partial charge in [-0.05, 0) is 53.8 Å². The van der Waals surface area contributed by atoms with E-state index in [0.29, 0.717) is 35.0 Å². The SMILES string of the molecule is COc1cc(OCc2cccc(-c3ccccc3)c2C)cc(OCc2cccc(C#N)c2)c1CNC(C(=O)O)C(C)O. The molecule has 0 amide bonds. The summed E-state index contributed by atoms with van der Waals surface area (Å²) in [5.74, 6) is 0.188. The first-order valence-corrected chi connectivity index (χ1v) is 13.5. The molecule has 0 aliphatic carbocycles. The average Bonchev–Trinajstić information content (AvgIpc) is 3.00. The number of rotatable bonds is 13. The van der Waals surface area contributed by atoms with Gasteiger partial charge in [0.05, 0.1) is 30.4 Å². The molecule has 2 atom stereocenters. The highest BCUT2D eigenvalue weighted by atomic mass is 16.5. The average molecular weight is 567 g/mol. The van der Waals surface area contributed by atoms with E-state index in [4.69, 9.17) is 14.2 Å². The number of ether oxygens (including phenoxy) is 3. The number of carboxylic acids is 1. The van der Waals surface area contributed by atoms with E-state index in [-0.39, 0.29) is 13.2 Å². The van der Waals surface area contributed by atoms with Crippen LogP contribution in [0.5, 0.6) is 17.2 Å². The third kappa shape index (κ3) is 7.46. The van der Waals surface area contributed by atoms with Gasteiger partial charge in [-0.1, -0.05) is 60.7 Å². The Morgan fingerprint density at radius 2 is 1.69 bits per heavy atom. The second kappa shape index (κ2) is 14.2. The quantitative estimate of drug-likeness (QED) is 0.191. The molecule has 0 saturated carbocycles. The summed E-state index contributed by atoms with van der Waals surface area (Å²) in [5.41, 5.74) is 6.27. The van der Waals surface area contributed by atoms with Gasteiger partial charge in [0.25, 0.3) is 0 Å². The zero-order chi connectivity index (χ0) is 30.1. The summed E-state index contributed by atoms with van der Waals surface area (Å²) in [4.78, 5) is 11.7. The van der Waals surface area contributed by atoms with Gasteiger partial charge in [-0.2, -0.15) is 5.26 Å². The standard InChI is InChI=1S/C34H34N2O6/c1-22-27(13-8-14-29(22)26-11-5-4-6-12-26)21-41-28-16-31(40-3)30(19-36-33(23(2)37)34(38)39)32(17-28)42-20-25-10-7-9-24(15-25)18-35/h4-17,23,33,36-37H,19-21H2,1-3H3,(H,38,39). The van der Waals surface area contributed by atoms with Crippen LogP contribution in [0.3, 0.4) is 0 Å². The highest BCUT2D eigenvalue weighted by Gasteiger charge is 2.24. The van der Waals surface area contributed by atoms with Gasteiger partial charge >= 0.3 is 5.97 Å². The van der Waals surface area contributed by atoms with Crippen molar-refractivity contribution in [3.05, 3.63) is 113 Å². The van der Waals surface area contributed by atoms with Crippen LogP contribution in [0.2, 0.25) is 0 Å². The van der Waals surface area contributed by atoms with E-state index in [1.165, 1.54) is 14.0 Å². The third-order valence-corrected chi connectivity index (χ3v) is 6.98. The minimum absolute atomic E-state index is 0.0527. The Morgan fingerprint density at radius 3 is 2.38 bits per heavy atom. The van der Waals surface area contributed by atoms with Crippen molar-refractivity contribution in [2.24, 2.45) is 0 Å². The fourth-order valence-electron chi connectivity index (χ4n) is 4.66. The molecule has 0 heterocycles. The van der Waals surface area contributed by atoms with Gasteiger partial charge in [0.2, 0.25) is 0 Å². The molecule has 0 fully saturated rings. The number of aliphatic hydroxyl groups is 1. The minimum atomic E-state index is -1.19. The number of hydrogen-bond acceptors (Lipinski definition) is 7. The lowest BCUT2D eigenvalue weighted by Gasteiger charge is -2.21. The van der Waals surface area contributed by atoms with E-state index < -0.39 is 18.1 Å².